The number of rotatable bonds is 23. The normalized spacial score (nSPS) is 18.0. The van der Waals surface area contributed by atoms with Crippen LogP contribution >= 0.6 is 0 Å². The van der Waals surface area contributed by atoms with Crippen LogP contribution in [0.1, 0.15) is 25.3 Å². The molecule has 1 fully saturated rings. The third kappa shape index (κ3) is 17.5. The Kier molecular flexibility index (Phi) is 25.3. The topological polar surface area (TPSA) is 259 Å². The minimum Gasteiger partial charge on any atom is -0.548 e. The number of nitrogens with zero attached hydrogens (tertiary/aromatic N) is 4. The summed E-state index contributed by atoms with van der Waals surface area (Å²) < 4.78 is 16.3. The number of ether oxygens (including phenoxy) is 3. The fourth-order valence-electron chi connectivity index (χ4n) is 6.04. The van der Waals surface area contributed by atoms with Crippen LogP contribution in [0, 0.1) is 39.9 Å². The summed E-state index contributed by atoms with van der Waals surface area (Å²) in [5, 5.41) is 75.6. The summed E-state index contributed by atoms with van der Waals surface area (Å²) in [5.74, 6) is -5.29. The van der Waals surface area contributed by atoms with Crippen molar-refractivity contribution in [2.24, 2.45) is 0 Å². The Morgan fingerprint density at radius 2 is 1.02 bits per heavy atom. The molecule has 1 aromatic carbocycles. The van der Waals surface area contributed by atoms with E-state index in [2.05, 4.69) is 0 Å². The van der Waals surface area contributed by atoms with Gasteiger partial charge in [-0.15, -0.1) is 0 Å². The molecule has 1 aliphatic heterocycles. The van der Waals surface area contributed by atoms with Gasteiger partial charge < -0.3 is 64.3 Å². The molecule has 4 N–H and O–H groups in total. The first-order valence-corrected chi connectivity index (χ1v) is 17.5. The number of carboxylic acid groups (broad SMARTS) is 4. The first-order valence-electron chi connectivity index (χ1n) is 17.5. The van der Waals surface area contributed by atoms with Gasteiger partial charge in [-0.2, -0.15) is 0 Å². The van der Waals surface area contributed by atoms with E-state index < -0.39 is 67.9 Å². The maximum Gasteiger partial charge on any atom is 3.00 e. The molecule has 301 valence electrons. The first-order chi connectivity index (χ1) is 25.0. The molecule has 1 radical (unpaired) electrons. The molecule has 0 saturated carbocycles. The average molecular weight is 899 g/mol. The quantitative estimate of drug-likeness (QED) is 0.0747. The minimum atomic E-state index is -1.61. The van der Waals surface area contributed by atoms with Gasteiger partial charge in [0.2, 0.25) is 0 Å². The number of aliphatic hydroxyl groups excluding tert-OH is 3. The van der Waals surface area contributed by atoms with Crippen LogP contribution in [0.5, 0.6) is 5.75 Å². The van der Waals surface area contributed by atoms with E-state index in [0.29, 0.717) is 51.6 Å². The summed E-state index contributed by atoms with van der Waals surface area (Å²) in [6.45, 7) is 0.944. The molecule has 1 aromatic rings. The summed E-state index contributed by atoms with van der Waals surface area (Å²) in [7, 11) is 0. The molecule has 0 aromatic heterocycles. The van der Waals surface area contributed by atoms with Crippen LogP contribution in [-0.2, 0) is 35.1 Å². The Bertz CT molecular complexity index is 1180. The van der Waals surface area contributed by atoms with Gasteiger partial charge in [0, 0.05) is 59.0 Å². The fourth-order valence-corrected chi connectivity index (χ4v) is 6.04. The molecule has 18 nitrogen and oxygen atoms in total. The molecule has 0 spiro atoms. The van der Waals surface area contributed by atoms with E-state index in [1.54, 1.807) is 4.90 Å². The number of hydrogen-bond donors (Lipinski definition) is 4. The van der Waals surface area contributed by atoms with Crippen molar-refractivity contribution in [1.29, 1.82) is 0 Å². The number of benzene rings is 1. The monoisotopic (exact) mass is 899 g/mol. The van der Waals surface area contributed by atoms with Crippen molar-refractivity contribution in [3.8, 4) is 5.75 Å². The zero-order chi connectivity index (χ0) is 38.5. The molecule has 1 aliphatic rings. The van der Waals surface area contributed by atoms with Crippen molar-refractivity contribution in [3.63, 3.8) is 0 Å². The second-order valence-electron chi connectivity index (χ2n) is 12.2. The number of hydrogen-bond acceptors (Lipinski definition) is 17. The molecule has 4 atom stereocenters. The third-order valence-corrected chi connectivity index (χ3v) is 9.02. The van der Waals surface area contributed by atoms with Gasteiger partial charge >= 0.3 is 45.9 Å². The maximum absolute atomic E-state index is 12.7. The van der Waals surface area contributed by atoms with Crippen molar-refractivity contribution in [3.05, 3.63) is 29.8 Å². The molecular weight excluding hydrogens is 846 g/mol. The van der Waals surface area contributed by atoms with E-state index in [1.165, 1.54) is 14.7 Å². The van der Waals surface area contributed by atoms with E-state index in [0.717, 1.165) is 5.56 Å². The maximum atomic E-state index is 12.7. The van der Waals surface area contributed by atoms with Crippen molar-refractivity contribution >= 4 is 23.9 Å². The second kappa shape index (κ2) is 27.4. The van der Waals surface area contributed by atoms with Crippen LogP contribution in [0.3, 0.4) is 0 Å². The van der Waals surface area contributed by atoms with Gasteiger partial charge in [-0.1, -0.05) is 12.1 Å². The molecule has 0 amide bonds. The van der Waals surface area contributed by atoms with Crippen LogP contribution in [0.2, 0.25) is 0 Å². The zero-order valence-electron chi connectivity index (χ0n) is 30.1. The van der Waals surface area contributed by atoms with E-state index in [1.807, 2.05) is 31.2 Å². The molecule has 2 rings (SSSR count). The standard InChI is InChI=1S/C34H56N4O14.Gd/c1-2-50-18-19-51-20-21-52-26-8-6-25(7-9-26)4-3-5-27(31(42)43)35-10-12-36(28(22-39)32(44)45)14-16-38(30(24-41)34(48)49)17-15-37(13-11-35)29(23-40)33(46)47;/h6-9,27-30,39-41H,2-5,10-24H2,1H3,(H,42,43)(H,44,45)(H,46,47)(H,48,49);/q;+3/p-3/t27-,28-,29-,30+;/m0./s1. The van der Waals surface area contributed by atoms with Gasteiger partial charge in [0.05, 0.1) is 75.7 Å². The number of aryl methyl sites for hydroxylation is 1. The SMILES string of the molecule is CCOCCOCCOc1ccc(CCC[C@@H](C(=O)O)N2CCN([C@@H](CO)C(=O)[O-])CCN([C@H](CO)C(=O)[O-])CCN([C@@H](CO)C(=O)[O-])CC2)cc1.[Gd+3]. The predicted octanol–water partition coefficient (Wildman–Crippen LogP) is -5.55. The van der Waals surface area contributed by atoms with Gasteiger partial charge in [0.1, 0.15) is 18.4 Å². The Labute approximate surface area is 341 Å². The fraction of sp³-hybridized carbons (Fsp3) is 0.706. The summed E-state index contributed by atoms with van der Waals surface area (Å²) in [4.78, 5) is 53.9. The van der Waals surface area contributed by atoms with Crippen molar-refractivity contribution in [2.45, 2.75) is 50.4 Å². The van der Waals surface area contributed by atoms with Gasteiger partial charge in [-0.25, -0.2) is 0 Å². The van der Waals surface area contributed by atoms with Gasteiger partial charge in [-0.05, 0) is 43.9 Å². The molecule has 1 saturated heterocycles. The Morgan fingerprint density at radius 3 is 1.38 bits per heavy atom. The Hall–Kier alpha value is -2.14. The van der Waals surface area contributed by atoms with Crippen LogP contribution in [0.15, 0.2) is 24.3 Å². The predicted molar refractivity (Wildman–Crippen MR) is 178 cm³/mol. The number of carboxylic acids is 4. The van der Waals surface area contributed by atoms with E-state index >= 15 is 0 Å². The van der Waals surface area contributed by atoms with E-state index in [-0.39, 0.29) is 98.7 Å². The smallest absolute Gasteiger partial charge is 0.548 e. The number of carbonyl (C=O) groups is 4. The largest absolute Gasteiger partial charge is 3.00 e. The van der Waals surface area contributed by atoms with Crippen molar-refractivity contribution in [2.75, 3.05) is 105 Å². The number of carbonyl (C=O) groups excluding carboxylic acids is 3. The molecule has 19 heteroatoms. The Morgan fingerprint density at radius 1 is 0.642 bits per heavy atom. The summed E-state index contributed by atoms with van der Waals surface area (Å²) in [5.41, 5.74) is 0.942. The van der Waals surface area contributed by atoms with E-state index in [4.69, 9.17) is 14.2 Å². The summed E-state index contributed by atoms with van der Waals surface area (Å²) in [6, 6.07) is 1.78. The van der Waals surface area contributed by atoms with Crippen LogP contribution < -0.4 is 20.1 Å². The van der Waals surface area contributed by atoms with Crippen LogP contribution in [0.4, 0.5) is 0 Å². The van der Waals surface area contributed by atoms with Crippen LogP contribution in [-0.4, -0.2) is 193 Å². The van der Waals surface area contributed by atoms with Gasteiger partial charge in [0.15, 0.2) is 0 Å². The molecular formula is C34H53GdN4O14. The third-order valence-electron chi connectivity index (χ3n) is 9.02. The first kappa shape index (κ1) is 48.9. The summed E-state index contributed by atoms with van der Waals surface area (Å²) in [6.07, 6.45) is 1.16. The van der Waals surface area contributed by atoms with Crippen LogP contribution in [0.25, 0.3) is 0 Å². The molecule has 0 bridgehead atoms. The number of aliphatic carboxylic acids is 4. The van der Waals surface area contributed by atoms with Gasteiger partial charge in [-0.3, -0.25) is 24.4 Å². The van der Waals surface area contributed by atoms with E-state index in [9.17, 15) is 54.9 Å². The van der Waals surface area contributed by atoms with Crippen molar-refractivity contribution in [1.82, 2.24) is 19.6 Å². The minimum absolute atomic E-state index is 0. The summed E-state index contributed by atoms with van der Waals surface area (Å²) >= 11 is 0. The molecule has 0 aliphatic carbocycles. The Balaban J connectivity index is 0.0000140. The molecule has 1 heterocycles. The van der Waals surface area contributed by atoms with Gasteiger partial charge in [0.25, 0.3) is 0 Å². The van der Waals surface area contributed by atoms with Crippen molar-refractivity contribution < 1.29 is 109 Å². The molecule has 53 heavy (non-hydrogen) atoms. The average Bonchev–Trinajstić information content (AvgIpc) is 3.10. The zero-order valence-corrected chi connectivity index (χ0v) is 32.3. The molecule has 0 unspecified atom stereocenters. The second-order valence-corrected chi connectivity index (χ2v) is 12.2. The number of aliphatic hydroxyl groups is 3.